The van der Waals surface area contributed by atoms with Crippen molar-refractivity contribution in [2.24, 2.45) is 0 Å². The molecule has 2 atom stereocenters. The summed E-state index contributed by atoms with van der Waals surface area (Å²) >= 11 is 1.58. The van der Waals surface area contributed by atoms with Crippen LogP contribution in [0.4, 0.5) is 0 Å². The first-order chi connectivity index (χ1) is 12.2. The van der Waals surface area contributed by atoms with Crippen LogP contribution >= 0.6 is 11.8 Å². The lowest BCUT2D eigenvalue weighted by Gasteiger charge is -2.36. The Morgan fingerprint density at radius 2 is 2.00 bits per heavy atom. The van der Waals surface area contributed by atoms with E-state index in [9.17, 15) is 0 Å². The molecule has 0 saturated carbocycles. The van der Waals surface area contributed by atoms with Crippen LogP contribution in [0.15, 0.2) is 29.8 Å². The normalized spacial score (nSPS) is 22.5. The van der Waals surface area contributed by atoms with Crippen molar-refractivity contribution in [1.82, 2.24) is 29.5 Å². The summed E-state index contributed by atoms with van der Waals surface area (Å²) in [7, 11) is 0. The summed E-state index contributed by atoms with van der Waals surface area (Å²) in [4.78, 5) is 16.1. The average Bonchev–Trinajstić information content (AvgIpc) is 3.13. The Hall–Kier alpha value is -1.99. The van der Waals surface area contributed by atoms with Gasteiger partial charge in [-0.05, 0) is 26.0 Å². The van der Waals surface area contributed by atoms with Crippen LogP contribution in [0, 0.1) is 6.92 Å². The molecule has 1 fully saturated rings. The van der Waals surface area contributed by atoms with Gasteiger partial charge in [0.25, 0.3) is 0 Å². The number of rotatable bonds is 3. The Labute approximate surface area is 150 Å². The Morgan fingerprint density at radius 1 is 1.16 bits per heavy atom. The molecule has 0 radical (unpaired) electrons. The van der Waals surface area contributed by atoms with Crippen LogP contribution in [0.5, 0.6) is 0 Å². The molecule has 2 aliphatic heterocycles. The van der Waals surface area contributed by atoms with Crippen LogP contribution in [-0.2, 0) is 13.0 Å². The van der Waals surface area contributed by atoms with Gasteiger partial charge in [-0.15, -0.1) is 0 Å². The number of nitrogens with zero attached hydrogens (tertiary/aromatic N) is 6. The van der Waals surface area contributed by atoms with Crippen molar-refractivity contribution < 1.29 is 0 Å². The second-order valence-electron chi connectivity index (χ2n) is 6.92. The minimum atomic E-state index is 0.426. The van der Waals surface area contributed by atoms with Gasteiger partial charge in [0.1, 0.15) is 0 Å². The smallest absolute Gasteiger partial charge is 0.187 e. The summed E-state index contributed by atoms with van der Waals surface area (Å²) in [6, 6.07) is 3.04. The van der Waals surface area contributed by atoms with Crippen molar-refractivity contribution >= 4 is 17.4 Å². The van der Waals surface area contributed by atoms with Crippen LogP contribution in [0.2, 0.25) is 0 Å². The van der Waals surface area contributed by atoms with E-state index in [1.807, 2.05) is 25.6 Å². The van der Waals surface area contributed by atoms with Gasteiger partial charge in [-0.2, -0.15) is 5.10 Å². The Balaban J connectivity index is 1.49. The second kappa shape index (κ2) is 5.78. The van der Waals surface area contributed by atoms with E-state index in [1.54, 1.807) is 11.8 Å². The Bertz CT molecular complexity index is 935. The van der Waals surface area contributed by atoms with E-state index in [2.05, 4.69) is 41.7 Å². The third kappa shape index (κ3) is 2.45. The summed E-state index contributed by atoms with van der Waals surface area (Å²) in [6.07, 6.45) is 11.5. The number of thioether (sulfide) groups is 1. The maximum atomic E-state index is 4.66. The summed E-state index contributed by atoms with van der Waals surface area (Å²) in [5.41, 5.74) is 5.86. The van der Waals surface area contributed by atoms with Gasteiger partial charge >= 0.3 is 0 Å². The van der Waals surface area contributed by atoms with Gasteiger partial charge in [0.15, 0.2) is 10.8 Å². The SMILES string of the molecule is CSc1ncc(CN2C3CCC2c2cnc4cc(C)nn4c2C3)cn1. The molecule has 128 valence electrons. The van der Waals surface area contributed by atoms with Crippen molar-refractivity contribution in [2.45, 2.75) is 50.0 Å². The van der Waals surface area contributed by atoms with E-state index >= 15 is 0 Å². The molecule has 2 bridgehead atoms. The fraction of sp³-hybridized carbons (Fsp3) is 0.444. The van der Waals surface area contributed by atoms with Gasteiger partial charge in [-0.3, -0.25) is 4.90 Å². The van der Waals surface area contributed by atoms with Crippen molar-refractivity contribution in [3.05, 3.63) is 47.2 Å². The lowest BCUT2D eigenvalue weighted by molar-refractivity contribution is 0.164. The lowest BCUT2D eigenvalue weighted by atomic mass is 9.98. The van der Waals surface area contributed by atoms with E-state index in [-0.39, 0.29) is 0 Å². The molecule has 0 aliphatic carbocycles. The number of hydrogen-bond acceptors (Lipinski definition) is 6. The van der Waals surface area contributed by atoms with Crippen molar-refractivity contribution in [3.8, 4) is 0 Å². The number of fused-ring (bicyclic) bond motifs is 6. The molecular formula is C18H20N6S. The zero-order valence-corrected chi connectivity index (χ0v) is 15.2. The number of hydrogen-bond donors (Lipinski definition) is 0. The van der Waals surface area contributed by atoms with Crippen LogP contribution in [0.3, 0.4) is 0 Å². The molecule has 2 unspecified atom stereocenters. The van der Waals surface area contributed by atoms with Gasteiger partial charge < -0.3 is 0 Å². The zero-order chi connectivity index (χ0) is 17.0. The topological polar surface area (TPSA) is 59.2 Å². The Morgan fingerprint density at radius 3 is 2.80 bits per heavy atom. The molecule has 0 N–H and O–H groups in total. The molecule has 25 heavy (non-hydrogen) atoms. The summed E-state index contributed by atoms with van der Waals surface area (Å²) in [5, 5.41) is 5.49. The predicted molar refractivity (Wildman–Crippen MR) is 96.5 cm³/mol. The zero-order valence-electron chi connectivity index (χ0n) is 14.4. The highest BCUT2D eigenvalue weighted by molar-refractivity contribution is 7.98. The van der Waals surface area contributed by atoms with Crippen LogP contribution in [-0.4, -0.2) is 41.8 Å². The van der Waals surface area contributed by atoms with Gasteiger partial charge in [0, 0.05) is 60.8 Å². The molecule has 1 saturated heterocycles. The first kappa shape index (κ1) is 15.3. The van der Waals surface area contributed by atoms with Gasteiger partial charge in [0.05, 0.1) is 11.4 Å². The second-order valence-corrected chi connectivity index (χ2v) is 7.69. The maximum absolute atomic E-state index is 4.66. The van der Waals surface area contributed by atoms with E-state index in [4.69, 9.17) is 0 Å². The highest BCUT2D eigenvalue weighted by Crippen LogP contribution is 2.44. The van der Waals surface area contributed by atoms with Gasteiger partial charge in [-0.25, -0.2) is 19.5 Å². The van der Waals surface area contributed by atoms with E-state index < -0.39 is 0 Å². The average molecular weight is 352 g/mol. The first-order valence-electron chi connectivity index (χ1n) is 8.68. The predicted octanol–water partition coefficient (Wildman–Crippen LogP) is 2.81. The number of aromatic nitrogens is 5. The molecule has 3 aromatic rings. The lowest BCUT2D eigenvalue weighted by Crippen LogP contribution is -2.38. The molecule has 2 aliphatic rings. The number of aryl methyl sites for hydroxylation is 1. The third-order valence-corrected chi connectivity index (χ3v) is 5.97. The molecule has 0 amide bonds. The molecule has 3 aromatic heterocycles. The molecule has 5 rings (SSSR count). The van der Waals surface area contributed by atoms with E-state index in [0.717, 1.165) is 29.5 Å². The monoisotopic (exact) mass is 352 g/mol. The van der Waals surface area contributed by atoms with E-state index in [0.29, 0.717) is 12.1 Å². The standard InChI is InChI=1S/C18H20N6S/c1-11-5-17-19-9-14-15-4-3-13(6-16(14)24(17)22-11)23(15)10-12-7-20-18(25-2)21-8-12/h5,7-9,13,15H,3-4,6,10H2,1-2H3. The fourth-order valence-corrected chi connectivity index (χ4v) is 4.60. The summed E-state index contributed by atoms with van der Waals surface area (Å²) in [5.74, 6) is 0. The molecule has 6 nitrogen and oxygen atoms in total. The highest BCUT2D eigenvalue weighted by Gasteiger charge is 2.41. The molecule has 7 heteroatoms. The van der Waals surface area contributed by atoms with Gasteiger partial charge in [0.2, 0.25) is 0 Å². The Kier molecular flexibility index (Phi) is 3.53. The van der Waals surface area contributed by atoms with Crippen LogP contribution in [0.1, 0.15) is 41.4 Å². The molecule has 0 spiro atoms. The minimum absolute atomic E-state index is 0.426. The van der Waals surface area contributed by atoms with Crippen molar-refractivity contribution in [3.63, 3.8) is 0 Å². The summed E-state index contributed by atoms with van der Waals surface area (Å²) in [6.45, 7) is 2.93. The largest absolute Gasteiger partial charge is 0.289 e. The third-order valence-electron chi connectivity index (χ3n) is 5.40. The highest BCUT2D eigenvalue weighted by atomic mass is 32.2. The minimum Gasteiger partial charge on any atom is -0.289 e. The van der Waals surface area contributed by atoms with Crippen molar-refractivity contribution in [1.29, 1.82) is 0 Å². The first-order valence-corrected chi connectivity index (χ1v) is 9.90. The summed E-state index contributed by atoms with van der Waals surface area (Å²) < 4.78 is 2.06. The molecule has 0 aromatic carbocycles. The molecular weight excluding hydrogens is 332 g/mol. The van der Waals surface area contributed by atoms with Gasteiger partial charge in [-0.1, -0.05) is 11.8 Å². The molecule has 5 heterocycles. The van der Waals surface area contributed by atoms with Crippen molar-refractivity contribution in [2.75, 3.05) is 6.26 Å². The van der Waals surface area contributed by atoms with Crippen LogP contribution < -0.4 is 0 Å². The quantitative estimate of drug-likeness (QED) is 0.534. The van der Waals surface area contributed by atoms with Crippen LogP contribution in [0.25, 0.3) is 5.65 Å². The maximum Gasteiger partial charge on any atom is 0.187 e. The van der Waals surface area contributed by atoms with E-state index in [1.165, 1.54) is 29.7 Å². The fourth-order valence-electron chi connectivity index (χ4n) is 4.28.